The van der Waals surface area contributed by atoms with Crippen LogP contribution in [0.4, 0.5) is 0 Å². The highest BCUT2D eigenvalue weighted by Crippen LogP contribution is 2.18. The normalized spacial score (nSPS) is 14.9. The Balaban J connectivity index is 1.98. The van der Waals surface area contributed by atoms with Gasteiger partial charge in [-0.3, -0.25) is 4.79 Å². The van der Waals surface area contributed by atoms with E-state index in [0.717, 1.165) is 12.0 Å². The predicted octanol–water partition coefficient (Wildman–Crippen LogP) is 0.369. The lowest BCUT2D eigenvalue weighted by Crippen LogP contribution is -2.39. The minimum atomic E-state index is -3.42. The number of hydrogen-bond acceptors (Lipinski definition) is 4. The van der Waals surface area contributed by atoms with Crippen molar-refractivity contribution < 1.29 is 18.3 Å². The monoisotopic (exact) mass is 297 g/mol. The lowest BCUT2D eigenvalue weighted by atomic mass is 10.00. The molecule has 0 saturated heterocycles. The van der Waals surface area contributed by atoms with Crippen LogP contribution in [0.2, 0.25) is 0 Å². The number of benzene rings is 1. The number of carbonyl (C=O) groups is 1. The van der Waals surface area contributed by atoms with Crippen LogP contribution < -0.4 is 0 Å². The molecule has 0 spiro atoms. The van der Waals surface area contributed by atoms with Crippen LogP contribution in [0.15, 0.2) is 24.3 Å². The Morgan fingerprint density at radius 2 is 1.95 bits per heavy atom. The van der Waals surface area contributed by atoms with Crippen LogP contribution in [-0.2, 0) is 27.6 Å². The second-order valence-corrected chi connectivity index (χ2v) is 7.19. The van der Waals surface area contributed by atoms with E-state index in [1.54, 1.807) is 4.90 Å². The molecular weight excluding hydrogens is 278 g/mol. The molecule has 0 saturated carbocycles. The quantitative estimate of drug-likeness (QED) is 0.852. The van der Waals surface area contributed by atoms with E-state index in [1.807, 2.05) is 24.3 Å². The minimum Gasteiger partial charge on any atom is -0.396 e. The summed E-state index contributed by atoms with van der Waals surface area (Å²) in [4.78, 5) is 13.7. The molecule has 1 aliphatic rings. The Morgan fingerprint density at radius 3 is 2.65 bits per heavy atom. The van der Waals surface area contributed by atoms with E-state index in [9.17, 15) is 13.2 Å². The highest BCUT2D eigenvalue weighted by Gasteiger charge is 2.24. The number of hydrogen-bond donors (Lipinski definition) is 1. The molecule has 0 atom stereocenters. The molecule has 0 bridgehead atoms. The molecule has 20 heavy (non-hydrogen) atoms. The first-order valence-electron chi connectivity index (χ1n) is 6.68. The fourth-order valence-corrected chi connectivity index (χ4v) is 3.62. The molecule has 1 amide bonds. The second kappa shape index (κ2) is 6.37. The van der Waals surface area contributed by atoms with E-state index in [2.05, 4.69) is 0 Å². The fraction of sp³-hybridized carbons (Fsp3) is 0.500. The Bertz CT molecular complexity index is 583. The maximum atomic E-state index is 12.1. The van der Waals surface area contributed by atoms with E-state index in [4.69, 9.17) is 5.11 Å². The van der Waals surface area contributed by atoms with Gasteiger partial charge in [0.25, 0.3) is 0 Å². The Hall–Kier alpha value is -1.40. The van der Waals surface area contributed by atoms with Gasteiger partial charge in [0.15, 0.2) is 9.84 Å². The van der Waals surface area contributed by atoms with Crippen LogP contribution in [0, 0.1) is 0 Å². The van der Waals surface area contributed by atoms with Crippen LogP contribution in [0.1, 0.15) is 17.5 Å². The van der Waals surface area contributed by atoms with Gasteiger partial charge in [0, 0.05) is 19.7 Å². The maximum absolute atomic E-state index is 12.1. The number of sulfone groups is 1. The van der Waals surface area contributed by atoms with Crippen molar-refractivity contribution in [2.45, 2.75) is 19.4 Å². The Labute approximate surface area is 119 Å². The third kappa shape index (κ3) is 3.80. The molecule has 0 radical (unpaired) electrons. The molecular formula is C14H19NO4S. The number of amides is 1. The highest BCUT2D eigenvalue weighted by atomic mass is 32.2. The molecule has 1 aromatic rings. The van der Waals surface area contributed by atoms with Gasteiger partial charge in [-0.25, -0.2) is 8.42 Å². The van der Waals surface area contributed by atoms with Gasteiger partial charge >= 0.3 is 0 Å². The number of fused-ring (bicyclic) bond motifs is 1. The van der Waals surface area contributed by atoms with Crippen molar-refractivity contribution in [3.63, 3.8) is 0 Å². The molecule has 1 N–H and O–H groups in total. The summed E-state index contributed by atoms with van der Waals surface area (Å²) < 4.78 is 23.5. The summed E-state index contributed by atoms with van der Waals surface area (Å²) in [5.74, 6) is -0.952. The van der Waals surface area contributed by atoms with E-state index in [0.29, 0.717) is 13.1 Å². The topological polar surface area (TPSA) is 74.7 Å². The molecule has 110 valence electrons. The Kier molecular flexibility index (Phi) is 4.77. The van der Waals surface area contributed by atoms with Gasteiger partial charge < -0.3 is 10.0 Å². The summed E-state index contributed by atoms with van der Waals surface area (Å²) in [5, 5.41) is 8.66. The molecule has 6 heteroatoms. The summed E-state index contributed by atoms with van der Waals surface area (Å²) in [6, 6.07) is 7.89. The number of rotatable bonds is 5. The van der Waals surface area contributed by atoms with Crippen LogP contribution in [-0.4, -0.2) is 49.0 Å². The van der Waals surface area contributed by atoms with Gasteiger partial charge in [0.2, 0.25) is 5.91 Å². The van der Waals surface area contributed by atoms with Crippen molar-refractivity contribution in [2.24, 2.45) is 0 Å². The summed E-state index contributed by atoms with van der Waals surface area (Å²) in [6.07, 6.45) is 0.942. The van der Waals surface area contributed by atoms with Crippen molar-refractivity contribution in [1.82, 2.24) is 4.90 Å². The molecule has 1 aliphatic heterocycles. The van der Waals surface area contributed by atoms with Gasteiger partial charge in [-0.1, -0.05) is 24.3 Å². The zero-order valence-electron chi connectivity index (χ0n) is 11.3. The smallest absolute Gasteiger partial charge is 0.238 e. The van der Waals surface area contributed by atoms with Crippen molar-refractivity contribution in [3.05, 3.63) is 35.4 Å². The zero-order chi connectivity index (χ0) is 14.6. The van der Waals surface area contributed by atoms with Gasteiger partial charge in [-0.2, -0.15) is 0 Å². The molecule has 0 fully saturated rings. The predicted molar refractivity (Wildman–Crippen MR) is 75.9 cm³/mol. The average Bonchev–Trinajstić information content (AvgIpc) is 2.44. The van der Waals surface area contributed by atoms with Crippen molar-refractivity contribution >= 4 is 15.7 Å². The minimum absolute atomic E-state index is 0.139. The fourth-order valence-electron chi connectivity index (χ4n) is 2.34. The third-order valence-corrected chi connectivity index (χ3v) is 5.04. The summed E-state index contributed by atoms with van der Waals surface area (Å²) in [7, 11) is -3.42. The zero-order valence-corrected chi connectivity index (χ0v) is 12.1. The Morgan fingerprint density at radius 1 is 1.25 bits per heavy atom. The highest BCUT2D eigenvalue weighted by molar-refractivity contribution is 7.92. The summed E-state index contributed by atoms with van der Waals surface area (Å²) in [6.45, 7) is 0.862. The van der Waals surface area contributed by atoms with Crippen LogP contribution in [0.3, 0.4) is 0 Å². The molecule has 5 nitrogen and oxygen atoms in total. The maximum Gasteiger partial charge on any atom is 0.238 e. The molecule has 1 heterocycles. The largest absolute Gasteiger partial charge is 0.396 e. The second-order valence-electron chi connectivity index (χ2n) is 5.00. The van der Waals surface area contributed by atoms with Gasteiger partial charge in [0.05, 0.1) is 5.75 Å². The standard InChI is InChI=1S/C14H19NO4S/c16-8-3-9-20(18,19)11-14(17)15-7-6-12-4-1-2-5-13(12)10-15/h1-2,4-5,16H,3,6-11H2. The van der Waals surface area contributed by atoms with E-state index < -0.39 is 15.6 Å². The van der Waals surface area contributed by atoms with Crippen LogP contribution >= 0.6 is 0 Å². The third-order valence-electron chi connectivity index (χ3n) is 3.44. The lowest BCUT2D eigenvalue weighted by Gasteiger charge is -2.28. The molecule has 0 aromatic heterocycles. The van der Waals surface area contributed by atoms with Crippen LogP contribution in [0.5, 0.6) is 0 Å². The summed E-state index contributed by atoms with van der Waals surface area (Å²) >= 11 is 0. The average molecular weight is 297 g/mol. The van der Waals surface area contributed by atoms with E-state index in [-0.39, 0.29) is 24.7 Å². The summed E-state index contributed by atoms with van der Waals surface area (Å²) in [5.41, 5.74) is 2.31. The molecule has 1 aromatic carbocycles. The SMILES string of the molecule is O=C(CS(=O)(=O)CCCO)N1CCc2ccccc2C1. The molecule has 2 rings (SSSR count). The van der Waals surface area contributed by atoms with Gasteiger partial charge in [-0.05, 0) is 24.0 Å². The molecule has 0 aliphatic carbocycles. The lowest BCUT2D eigenvalue weighted by molar-refractivity contribution is -0.129. The first-order chi connectivity index (χ1) is 9.52. The van der Waals surface area contributed by atoms with E-state index in [1.165, 1.54) is 5.56 Å². The molecule has 0 unspecified atom stereocenters. The first-order valence-corrected chi connectivity index (χ1v) is 8.50. The number of nitrogens with zero attached hydrogens (tertiary/aromatic N) is 1. The number of aliphatic hydroxyl groups is 1. The van der Waals surface area contributed by atoms with Crippen molar-refractivity contribution in [2.75, 3.05) is 24.7 Å². The first kappa shape index (κ1) is 15.0. The van der Waals surface area contributed by atoms with E-state index >= 15 is 0 Å². The van der Waals surface area contributed by atoms with Crippen molar-refractivity contribution in [3.8, 4) is 0 Å². The number of aliphatic hydroxyl groups excluding tert-OH is 1. The van der Waals surface area contributed by atoms with Gasteiger partial charge in [0.1, 0.15) is 5.75 Å². The van der Waals surface area contributed by atoms with Crippen LogP contribution in [0.25, 0.3) is 0 Å². The number of carbonyl (C=O) groups excluding carboxylic acids is 1. The van der Waals surface area contributed by atoms with Crippen molar-refractivity contribution in [1.29, 1.82) is 0 Å². The van der Waals surface area contributed by atoms with Gasteiger partial charge in [-0.15, -0.1) is 0 Å².